The topological polar surface area (TPSA) is 37.4 Å². The van der Waals surface area contributed by atoms with E-state index in [0.717, 1.165) is 23.2 Å². The Bertz CT molecular complexity index is 562. The normalized spacial score (nSPS) is 25.5. The third-order valence-corrected chi connectivity index (χ3v) is 3.61. The molecule has 3 rings (SSSR count). The number of anilines is 1. The van der Waals surface area contributed by atoms with Crippen LogP contribution in [0, 0.1) is 0 Å². The van der Waals surface area contributed by atoms with Crippen molar-refractivity contribution in [3.05, 3.63) is 48.5 Å². The molecule has 0 radical (unpaired) electrons. The van der Waals surface area contributed by atoms with E-state index in [1.54, 1.807) is 18.2 Å². The Morgan fingerprint density at radius 3 is 2.77 bits per heavy atom. The van der Waals surface area contributed by atoms with Crippen molar-refractivity contribution in [1.82, 2.24) is 10.3 Å². The number of rotatable bonds is 2. The van der Waals surface area contributed by atoms with E-state index in [-0.39, 0.29) is 6.10 Å². The molecule has 1 fully saturated rings. The molecule has 1 saturated heterocycles. The summed E-state index contributed by atoms with van der Waals surface area (Å²) in [6.45, 7) is 2.06. The van der Waals surface area contributed by atoms with E-state index in [9.17, 15) is 13.2 Å². The molecule has 2 atom stereocenters. The number of allylic oxidation sites excluding steroid dienone is 2. The lowest BCUT2D eigenvalue weighted by Gasteiger charge is -2.31. The molecule has 118 valence electrons. The van der Waals surface area contributed by atoms with Crippen LogP contribution in [0.25, 0.3) is 0 Å². The fourth-order valence-corrected chi connectivity index (χ4v) is 2.51. The number of nitrogens with one attached hydrogen (secondary N) is 1. The minimum absolute atomic E-state index is 0.155. The summed E-state index contributed by atoms with van der Waals surface area (Å²) >= 11 is 0. The number of morpholine rings is 1. The number of pyridine rings is 1. The Kier molecular flexibility index (Phi) is 4.17. The molecule has 0 saturated carbocycles. The second-order valence-corrected chi connectivity index (χ2v) is 5.12. The van der Waals surface area contributed by atoms with Crippen molar-refractivity contribution in [2.75, 3.05) is 24.6 Å². The maximum absolute atomic E-state index is 13.1. The number of aromatic nitrogens is 1. The van der Waals surface area contributed by atoms with Crippen molar-refractivity contribution in [2.45, 2.75) is 18.3 Å². The zero-order valence-electron chi connectivity index (χ0n) is 11.8. The van der Waals surface area contributed by atoms with Crippen LogP contribution in [0.15, 0.2) is 42.8 Å². The highest BCUT2D eigenvalue weighted by atomic mass is 19.4. The first-order valence-electron chi connectivity index (χ1n) is 7.04. The lowest BCUT2D eigenvalue weighted by atomic mass is 10.1. The second-order valence-electron chi connectivity index (χ2n) is 5.12. The van der Waals surface area contributed by atoms with Crippen LogP contribution in [0.2, 0.25) is 0 Å². The van der Waals surface area contributed by atoms with Gasteiger partial charge in [0.1, 0.15) is 12.1 Å². The van der Waals surface area contributed by atoms with E-state index < -0.39 is 12.2 Å². The van der Waals surface area contributed by atoms with Crippen LogP contribution in [-0.4, -0.2) is 36.9 Å². The van der Waals surface area contributed by atoms with Gasteiger partial charge in [-0.1, -0.05) is 12.2 Å². The highest BCUT2D eigenvalue weighted by Gasteiger charge is 2.42. The molecule has 2 aliphatic heterocycles. The number of hydrogen-bond acceptors (Lipinski definition) is 4. The molecule has 22 heavy (non-hydrogen) atoms. The number of ether oxygens (including phenoxy) is 1. The fraction of sp³-hybridized carbons (Fsp3) is 0.400. The molecule has 7 heteroatoms. The summed E-state index contributed by atoms with van der Waals surface area (Å²) in [5, 5.41) is 3.19. The summed E-state index contributed by atoms with van der Waals surface area (Å²) in [5.74, 6) is 0. The molecule has 0 aromatic carbocycles. The van der Waals surface area contributed by atoms with Gasteiger partial charge < -0.3 is 15.0 Å². The van der Waals surface area contributed by atoms with Crippen LogP contribution < -0.4 is 10.2 Å². The molecule has 3 heterocycles. The van der Waals surface area contributed by atoms with Gasteiger partial charge in [0.05, 0.1) is 24.2 Å². The summed E-state index contributed by atoms with van der Waals surface area (Å²) in [5.41, 5.74) is 1.12. The van der Waals surface area contributed by atoms with Gasteiger partial charge in [-0.25, -0.2) is 0 Å². The van der Waals surface area contributed by atoms with E-state index in [4.69, 9.17) is 4.74 Å². The molecular formula is C15H16F3N3O. The van der Waals surface area contributed by atoms with Gasteiger partial charge in [0.2, 0.25) is 0 Å². The van der Waals surface area contributed by atoms with Crippen LogP contribution in [0.1, 0.15) is 11.8 Å². The average Bonchev–Trinajstić information content (AvgIpc) is 2.55. The van der Waals surface area contributed by atoms with Crippen LogP contribution >= 0.6 is 0 Å². The first-order valence-corrected chi connectivity index (χ1v) is 7.04. The summed E-state index contributed by atoms with van der Waals surface area (Å²) in [6, 6.07) is 1.69. The smallest absolute Gasteiger partial charge is 0.369 e. The second kappa shape index (κ2) is 6.10. The van der Waals surface area contributed by atoms with Crippen molar-refractivity contribution in [3.8, 4) is 0 Å². The average molecular weight is 311 g/mol. The Labute approximate surface area is 126 Å². The number of halogens is 3. The summed E-state index contributed by atoms with van der Waals surface area (Å²) < 4.78 is 44.8. The van der Waals surface area contributed by atoms with Gasteiger partial charge in [0.25, 0.3) is 0 Å². The van der Waals surface area contributed by atoms with Gasteiger partial charge in [0.15, 0.2) is 0 Å². The number of hydrogen-bond donors (Lipinski definition) is 1. The van der Waals surface area contributed by atoms with Crippen LogP contribution in [0.5, 0.6) is 0 Å². The Morgan fingerprint density at radius 2 is 2.14 bits per heavy atom. The van der Waals surface area contributed by atoms with E-state index >= 15 is 0 Å². The Balaban J connectivity index is 1.79. The monoisotopic (exact) mass is 311 g/mol. The molecule has 4 nitrogen and oxygen atoms in total. The van der Waals surface area contributed by atoms with Crippen molar-refractivity contribution < 1.29 is 17.9 Å². The van der Waals surface area contributed by atoms with Gasteiger partial charge in [-0.05, 0) is 18.2 Å². The Morgan fingerprint density at radius 1 is 1.27 bits per heavy atom. The molecule has 1 aromatic rings. The van der Waals surface area contributed by atoms with E-state index in [2.05, 4.69) is 10.3 Å². The molecule has 0 bridgehead atoms. The highest BCUT2D eigenvalue weighted by molar-refractivity contribution is 5.52. The molecule has 0 amide bonds. The quantitative estimate of drug-likeness (QED) is 0.911. The largest absolute Gasteiger partial charge is 0.412 e. The summed E-state index contributed by atoms with van der Waals surface area (Å²) in [6.07, 6.45) is 2.47. The standard InChI is InChI=1S/C15H16F3N3O/c16-15(17,18)14-3-1-2-7-21(14)11-4-5-12(20-9-11)13-10-19-6-8-22-13/h1-5,7,9,13-14,19H,6,8,10H2. The lowest BCUT2D eigenvalue weighted by Crippen LogP contribution is -2.42. The zero-order chi connectivity index (χ0) is 15.6. The van der Waals surface area contributed by atoms with Crippen LogP contribution in [-0.2, 0) is 4.74 Å². The Hall–Kier alpha value is -1.86. The van der Waals surface area contributed by atoms with Crippen LogP contribution in [0.4, 0.5) is 18.9 Å². The molecule has 0 aliphatic carbocycles. The highest BCUT2D eigenvalue weighted by Crippen LogP contribution is 2.32. The van der Waals surface area contributed by atoms with Gasteiger partial charge in [-0.15, -0.1) is 0 Å². The van der Waals surface area contributed by atoms with E-state index in [0.29, 0.717) is 18.8 Å². The van der Waals surface area contributed by atoms with Crippen molar-refractivity contribution in [3.63, 3.8) is 0 Å². The molecule has 2 aliphatic rings. The van der Waals surface area contributed by atoms with Gasteiger partial charge in [0, 0.05) is 19.3 Å². The predicted octanol–water partition coefficient (Wildman–Crippen LogP) is 2.56. The number of nitrogens with zero attached hydrogens (tertiary/aromatic N) is 2. The molecule has 0 spiro atoms. The summed E-state index contributed by atoms with van der Waals surface area (Å²) in [7, 11) is 0. The van der Waals surface area contributed by atoms with Crippen molar-refractivity contribution >= 4 is 5.69 Å². The SMILES string of the molecule is FC(F)(F)C1C=CC=CN1c1ccc(C2CNCCO2)nc1. The predicted molar refractivity (Wildman–Crippen MR) is 76.4 cm³/mol. The molecule has 2 unspecified atom stereocenters. The number of alkyl halides is 3. The fourth-order valence-electron chi connectivity index (χ4n) is 2.51. The minimum atomic E-state index is -4.34. The first-order chi connectivity index (χ1) is 10.6. The third-order valence-electron chi connectivity index (χ3n) is 3.61. The first kappa shape index (κ1) is 15.1. The van der Waals surface area contributed by atoms with Gasteiger partial charge in [-0.2, -0.15) is 13.2 Å². The molecule has 1 N–H and O–H groups in total. The maximum atomic E-state index is 13.1. The van der Waals surface area contributed by atoms with Gasteiger partial charge in [-0.3, -0.25) is 4.98 Å². The molecular weight excluding hydrogens is 295 g/mol. The third kappa shape index (κ3) is 3.15. The zero-order valence-corrected chi connectivity index (χ0v) is 11.8. The van der Waals surface area contributed by atoms with Gasteiger partial charge >= 0.3 is 6.18 Å². The van der Waals surface area contributed by atoms with Crippen molar-refractivity contribution in [1.29, 1.82) is 0 Å². The minimum Gasteiger partial charge on any atom is -0.369 e. The van der Waals surface area contributed by atoms with Crippen molar-refractivity contribution in [2.24, 2.45) is 0 Å². The van der Waals surface area contributed by atoms with E-state index in [1.165, 1.54) is 18.5 Å². The maximum Gasteiger partial charge on any atom is 0.412 e. The van der Waals surface area contributed by atoms with E-state index in [1.807, 2.05) is 0 Å². The molecule has 1 aromatic heterocycles. The summed E-state index contributed by atoms with van der Waals surface area (Å²) in [4.78, 5) is 5.43. The van der Waals surface area contributed by atoms with Crippen LogP contribution in [0.3, 0.4) is 0 Å². The lowest BCUT2D eigenvalue weighted by molar-refractivity contribution is -0.136.